The number of hydrogen-bond acceptors (Lipinski definition) is 5. The molecule has 0 spiro atoms. The molecule has 1 atom stereocenters. The van der Waals surface area contributed by atoms with Crippen LogP contribution in [0.25, 0.3) is 5.82 Å². The van der Waals surface area contributed by atoms with Crippen LogP contribution in [-0.4, -0.2) is 51.0 Å². The first kappa shape index (κ1) is 16.4. The number of methoxy groups -OCH3 is 1. The molecular weight excluding hydrogens is 306 g/mol. The smallest absolute Gasteiger partial charge is 0.257 e. The molecule has 7 nitrogen and oxygen atoms in total. The zero-order valence-corrected chi connectivity index (χ0v) is 14.4. The molecule has 1 aliphatic rings. The third-order valence-electron chi connectivity index (χ3n) is 4.43. The second-order valence-electron chi connectivity index (χ2n) is 6.20. The van der Waals surface area contributed by atoms with Crippen LogP contribution in [0.4, 0.5) is 0 Å². The second kappa shape index (κ2) is 6.98. The summed E-state index contributed by atoms with van der Waals surface area (Å²) in [5.74, 6) is 1.64. The Kier molecular flexibility index (Phi) is 4.78. The summed E-state index contributed by atoms with van der Waals surface area (Å²) in [7, 11) is 1.55. The van der Waals surface area contributed by atoms with Crippen LogP contribution in [0.1, 0.15) is 42.7 Å². The summed E-state index contributed by atoms with van der Waals surface area (Å²) >= 11 is 0. The van der Waals surface area contributed by atoms with Crippen molar-refractivity contribution in [2.75, 3.05) is 20.2 Å². The predicted octanol–water partition coefficient (Wildman–Crippen LogP) is 2.11. The van der Waals surface area contributed by atoms with Crippen LogP contribution in [0, 0.1) is 5.92 Å². The molecule has 2 aromatic heterocycles. The van der Waals surface area contributed by atoms with Crippen LogP contribution < -0.4 is 4.74 Å². The van der Waals surface area contributed by atoms with Crippen molar-refractivity contribution in [1.29, 1.82) is 0 Å². The minimum Gasteiger partial charge on any atom is -0.480 e. The highest BCUT2D eigenvalue weighted by atomic mass is 16.5. The lowest BCUT2D eigenvalue weighted by molar-refractivity contribution is 0.0682. The SMILES string of the molecule is CCc1c(C(=O)N2CCCC(C)C2)cnn1-c1ccc(OC)nn1. The molecule has 3 heterocycles. The molecule has 7 heteroatoms. The fourth-order valence-electron chi connectivity index (χ4n) is 3.17. The van der Waals surface area contributed by atoms with Gasteiger partial charge in [-0.2, -0.15) is 5.10 Å². The van der Waals surface area contributed by atoms with Crippen LogP contribution in [0.15, 0.2) is 18.3 Å². The topological polar surface area (TPSA) is 73.1 Å². The minimum absolute atomic E-state index is 0.0612. The number of carbonyl (C=O) groups excluding carboxylic acids is 1. The normalized spacial score (nSPS) is 17.8. The van der Waals surface area contributed by atoms with E-state index < -0.39 is 0 Å². The highest BCUT2D eigenvalue weighted by Crippen LogP contribution is 2.21. The summed E-state index contributed by atoms with van der Waals surface area (Å²) in [5.41, 5.74) is 1.52. The Balaban J connectivity index is 1.89. The standard InChI is InChI=1S/C17H23N5O2/c1-4-14-13(17(23)21-9-5-6-12(2)11-21)10-18-22(14)15-7-8-16(24-3)20-19-15/h7-8,10,12H,4-6,9,11H2,1-3H3. The summed E-state index contributed by atoms with van der Waals surface area (Å²) in [4.78, 5) is 14.8. The van der Waals surface area contributed by atoms with Gasteiger partial charge >= 0.3 is 0 Å². The molecule has 1 amide bonds. The molecule has 1 fully saturated rings. The predicted molar refractivity (Wildman–Crippen MR) is 89.4 cm³/mol. The zero-order valence-electron chi connectivity index (χ0n) is 14.4. The van der Waals surface area contributed by atoms with Gasteiger partial charge in [-0.1, -0.05) is 13.8 Å². The molecule has 0 bridgehead atoms. The summed E-state index contributed by atoms with van der Waals surface area (Å²) in [5, 5.41) is 12.5. The largest absolute Gasteiger partial charge is 0.480 e. The first-order valence-electron chi connectivity index (χ1n) is 8.38. The number of likely N-dealkylation sites (tertiary alicyclic amines) is 1. The van der Waals surface area contributed by atoms with Crippen molar-refractivity contribution in [2.24, 2.45) is 5.92 Å². The molecule has 0 radical (unpaired) electrons. The molecule has 1 aliphatic heterocycles. The van der Waals surface area contributed by atoms with Crippen LogP contribution in [0.5, 0.6) is 5.88 Å². The number of nitrogens with zero attached hydrogens (tertiary/aromatic N) is 5. The number of ether oxygens (including phenoxy) is 1. The van der Waals surface area contributed by atoms with Gasteiger partial charge in [-0.15, -0.1) is 10.2 Å². The maximum Gasteiger partial charge on any atom is 0.257 e. The molecule has 0 saturated carbocycles. The van der Waals surface area contributed by atoms with E-state index in [0.717, 1.165) is 25.2 Å². The summed E-state index contributed by atoms with van der Waals surface area (Å²) < 4.78 is 6.72. The molecule has 3 rings (SSSR count). The number of rotatable bonds is 4. The minimum atomic E-state index is 0.0612. The van der Waals surface area contributed by atoms with Crippen molar-refractivity contribution in [2.45, 2.75) is 33.1 Å². The van der Waals surface area contributed by atoms with Crippen molar-refractivity contribution in [3.63, 3.8) is 0 Å². The van der Waals surface area contributed by atoms with E-state index in [9.17, 15) is 4.79 Å². The van der Waals surface area contributed by atoms with Crippen LogP contribution in [-0.2, 0) is 6.42 Å². The van der Waals surface area contributed by atoms with Gasteiger partial charge in [-0.25, -0.2) is 4.68 Å². The molecule has 0 N–H and O–H groups in total. The van der Waals surface area contributed by atoms with E-state index in [1.54, 1.807) is 30.1 Å². The van der Waals surface area contributed by atoms with Crippen molar-refractivity contribution in [1.82, 2.24) is 24.9 Å². The first-order chi connectivity index (χ1) is 11.6. The summed E-state index contributed by atoms with van der Waals surface area (Å²) in [6.07, 6.45) is 4.59. The molecule has 0 aromatic carbocycles. The van der Waals surface area contributed by atoms with Crippen LogP contribution in [0.2, 0.25) is 0 Å². The maximum absolute atomic E-state index is 12.9. The lowest BCUT2D eigenvalue weighted by Crippen LogP contribution is -2.39. The van der Waals surface area contributed by atoms with Crippen LogP contribution >= 0.6 is 0 Å². The lowest BCUT2D eigenvalue weighted by Gasteiger charge is -2.30. The molecule has 1 unspecified atom stereocenters. The van der Waals surface area contributed by atoms with Crippen molar-refractivity contribution in [3.8, 4) is 11.7 Å². The Morgan fingerprint density at radius 1 is 1.38 bits per heavy atom. The van der Waals surface area contributed by atoms with Gasteiger partial charge in [0.05, 0.1) is 24.6 Å². The Labute approximate surface area is 141 Å². The molecular formula is C17H23N5O2. The number of piperidine rings is 1. The van der Waals surface area contributed by atoms with Crippen molar-refractivity contribution in [3.05, 3.63) is 29.6 Å². The second-order valence-corrected chi connectivity index (χ2v) is 6.20. The van der Waals surface area contributed by atoms with E-state index in [4.69, 9.17) is 4.74 Å². The maximum atomic E-state index is 12.9. The summed E-state index contributed by atoms with van der Waals surface area (Å²) in [6, 6.07) is 3.52. The quantitative estimate of drug-likeness (QED) is 0.859. The lowest BCUT2D eigenvalue weighted by atomic mass is 9.99. The zero-order chi connectivity index (χ0) is 17.1. The molecule has 1 saturated heterocycles. The van der Waals surface area contributed by atoms with Gasteiger partial charge in [0.1, 0.15) is 0 Å². The van der Waals surface area contributed by atoms with Gasteiger partial charge in [0.2, 0.25) is 5.88 Å². The fraction of sp³-hybridized carbons (Fsp3) is 0.529. The average molecular weight is 329 g/mol. The van der Waals surface area contributed by atoms with E-state index in [0.29, 0.717) is 29.6 Å². The molecule has 0 aliphatic carbocycles. The van der Waals surface area contributed by atoms with Gasteiger partial charge in [0, 0.05) is 19.2 Å². The summed E-state index contributed by atoms with van der Waals surface area (Å²) in [6.45, 7) is 5.84. The van der Waals surface area contributed by atoms with Gasteiger partial charge in [-0.3, -0.25) is 4.79 Å². The third-order valence-corrected chi connectivity index (χ3v) is 4.43. The van der Waals surface area contributed by atoms with Gasteiger partial charge in [-0.05, 0) is 31.2 Å². The van der Waals surface area contributed by atoms with E-state index >= 15 is 0 Å². The van der Waals surface area contributed by atoms with Crippen LogP contribution in [0.3, 0.4) is 0 Å². The van der Waals surface area contributed by atoms with Crippen molar-refractivity contribution < 1.29 is 9.53 Å². The highest BCUT2D eigenvalue weighted by Gasteiger charge is 2.26. The van der Waals surface area contributed by atoms with Gasteiger partial charge in [0.15, 0.2) is 5.82 Å². The van der Waals surface area contributed by atoms with E-state index in [1.165, 1.54) is 6.42 Å². The van der Waals surface area contributed by atoms with Crippen molar-refractivity contribution >= 4 is 5.91 Å². The number of aromatic nitrogens is 4. The van der Waals surface area contributed by atoms with E-state index in [2.05, 4.69) is 22.2 Å². The molecule has 128 valence electrons. The van der Waals surface area contributed by atoms with E-state index in [1.807, 2.05) is 11.8 Å². The number of hydrogen-bond donors (Lipinski definition) is 0. The Bertz CT molecular complexity index is 710. The number of carbonyl (C=O) groups is 1. The first-order valence-corrected chi connectivity index (χ1v) is 8.38. The van der Waals surface area contributed by atoms with Gasteiger partial charge in [0.25, 0.3) is 5.91 Å². The Morgan fingerprint density at radius 3 is 2.83 bits per heavy atom. The van der Waals surface area contributed by atoms with E-state index in [-0.39, 0.29) is 5.91 Å². The Hall–Kier alpha value is -2.44. The Morgan fingerprint density at radius 2 is 2.21 bits per heavy atom. The highest BCUT2D eigenvalue weighted by molar-refractivity contribution is 5.95. The fourth-order valence-corrected chi connectivity index (χ4v) is 3.17. The molecule has 2 aromatic rings. The third kappa shape index (κ3) is 3.11. The monoisotopic (exact) mass is 329 g/mol. The molecule has 24 heavy (non-hydrogen) atoms. The van der Waals surface area contributed by atoms with Gasteiger partial charge < -0.3 is 9.64 Å². The average Bonchev–Trinajstić information content (AvgIpc) is 3.05. The number of amides is 1.